The van der Waals surface area contributed by atoms with Crippen molar-refractivity contribution in [3.8, 4) is 0 Å². The number of carboxylic acids is 1. The molecule has 1 fully saturated rings. The van der Waals surface area contributed by atoms with E-state index in [2.05, 4.69) is 6.92 Å². The second-order valence-corrected chi connectivity index (χ2v) is 4.59. The molecule has 0 unspecified atom stereocenters. The first-order valence-electron chi connectivity index (χ1n) is 6.14. The van der Waals surface area contributed by atoms with Gasteiger partial charge >= 0.3 is 5.97 Å². The lowest BCUT2D eigenvalue weighted by Crippen LogP contribution is -2.39. The Morgan fingerprint density at radius 1 is 1.50 bits per heavy atom. The van der Waals surface area contributed by atoms with Gasteiger partial charge in [-0.3, -0.25) is 14.4 Å². The Labute approximate surface area is 107 Å². The van der Waals surface area contributed by atoms with Crippen molar-refractivity contribution in [3.05, 3.63) is 0 Å². The highest BCUT2D eigenvalue weighted by Gasteiger charge is 2.67. The van der Waals surface area contributed by atoms with E-state index in [0.29, 0.717) is 19.6 Å². The molecular weight excluding hydrogens is 238 g/mol. The van der Waals surface area contributed by atoms with Gasteiger partial charge in [-0.15, -0.1) is 0 Å². The average Bonchev–Trinajstić information content (AvgIpc) is 3.08. The largest absolute Gasteiger partial charge is 0.480 e. The molecule has 1 N–H and O–H groups in total. The summed E-state index contributed by atoms with van der Waals surface area (Å²) >= 11 is 0. The molecule has 1 aliphatic rings. The highest BCUT2D eigenvalue weighted by Crippen LogP contribution is 2.54. The zero-order chi connectivity index (χ0) is 13.8. The predicted octanol–water partition coefficient (Wildman–Crippen LogP) is 0.914. The molecule has 6 heteroatoms. The topological polar surface area (TPSA) is 76.1 Å². The smallest absolute Gasteiger partial charge is 0.319 e. The van der Waals surface area contributed by atoms with E-state index in [4.69, 9.17) is 9.57 Å². The lowest BCUT2D eigenvalue weighted by molar-refractivity contribution is -0.180. The summed E-state index contributed by atoms with van der Waals surface area (Å²) in [5, 5.41) is 10.2. The second-order valence-electron chi connectivity index (χ2n) is 4.59. The Balaban J connectivity index is 2.54. The van der Waals surface area contributed by atoms with Gasteiger partial charge in [0.15, 0.2) is 5.41 Å². The minimum atomic E-state index is -1.35. The first-order chi connectivity index (χ1) is 8.50. The number of aliphatic carboxylic acids is 1. The molecule has 0 radical (unpaired) electrons. The van der Waals surface area contributed by atoms with Crippen LogP contribution >= 0.6 is 0 Å². The summed E-state index contributed by atoms with van der Waals surface area (Å²) in [6, 6.07) is 0. The molecule has 1 amide bonds. The van der Waals surface area contributed by atoms with E-state index in [1.165, 1.54) is 14.2 Å². The van der Waals surface area contributed by atoms with Crippen LogP contribution in [-0.2, 0) is 19.2 Å². The zero-order valence-corrected chi connectivity index (χ0v) is 11.1. The van der Waals surface area contributed by atoms with E-state index < -0.39 is 17.3 Å². The molecule has 2 atom stereocenters. The molecule has 6 nitrogen and oxygen atoms in total. The van der Waals surface area contributed by atoms with Crippen molar-refractivity contribution in [2.24, 2.45) is 11.3 Å². The minimum Gasteiger partial charge on any atom is -0.480 e. The maximum Gasteiger partial charge on any atom is 0.319 e. The second kappa shape index (κ2) is 6.15. The molecule has 0 heterocycles. The van der Waals surface area contributed by atoms with Crippen LogP contribution in [-0.4, -0.2) is 49.4 Å². The van der Waals surface area contributed by atoms with Gasteiger partial charge in [-0.2, -0.15) is 0 Å². The van der Waals surface area contributed by atoms with E-state index in [1.54, 1.807) is 0 Å². The number of carbonyl (C=O) groups is 2. The van der Waals surface area contributed by atoms with Crippen LogP contribution in [0, 0.1) is 11.3 Å². The monoisotopic (exact) mass is 259 g/mol. The average molecular weight is 259 g/mol. The van der Waals surface area contributed by atoms with Crippen molar-refractivity contribution in [1.29, 1.82) is 0 Å². The Hall–Kier alpha value is -1.14. The molecule has 0 aromatic heterocycles. The molecule has 104 valence electrons. The molecule has 0 saturated heterocycles. The first kappa shape index (κ1) is 14.9. The maximum atomic E-state index is 12.0. The van der Waals surface area contributed by atoms with Gasteiger partial charge in [-0.1, -0.05) is 13.3 Å². The van der Waals surface area contributed by atoms with Gasteiger partial charge < -0.3 is 9.84 Å². The van der Waals surface area contributed by atoms with Crippen LogP contribution in [0.2, 0.25) is 0 Å². The normalized spacial score (nSPS) is 25.8. The zero-order valence-electron chi connectivity index (χ0n) is 11.1. The molecule has 1 saturated carbocycles. The Morgan fingerprint density at radius 3 is 2.67 bits per heavy atom. The third-order valence-corrected chi connectivity index (χ3v) is 3.39. The quantitative estimate of drug-likeness (QED) is 0.398. The summed E-state index contributed by atoms with van der Waals surface area (Å²) in [6.07, 6.45) is 2.29. The van der Waals surface area contributed by atoms with Crippen molar-refractivity contribution >= 4 is 11.9 Å². The van der Waals surface area contributed by atoms with Crippen LogP contribution in [0.3, 0.4) is 0 Å². The van der Waals surface area contributed by atoms with Crippen LogP contribution in [0.1, 0.15) is 26.2 Å². The van der Waals surface area contributed by atoms with Gasteiger partial charge in [-0.05, 0) is 12.8 Å². The summed E-state index contributed by atoms with van der Waals surface area (Å²) in [7, 11) is 2.75. The van der Waals surface area contributed by atoms with Crippen LogP contribution in [0.5, 0.6) is 0 Å². The number of hydroxylamine groups is 2. The Bertz CT molecular complexity index is 320. The van der Waals surface area contributed by atoms with E-state index >= 15 is 0 Å². The predicted molar refractivity (Wildman–Crippen MR) is 63.7 cm³/mol. The Kier molecular flexibility index (Phi) is 5.10. The van der Waals surface area contributed by atoms with Gasteiger partial charge in [0.05, 0.1) is 13.7 Å². The van der Waals surface area contributed by atoms with Crippen molar-refractivity contribution in [1.82, 2.24) is 5.06 Å². The van der Waals surface area contributed by atoms with Crippen molar-refractivity contribution in [2.75, 3.05) is 27.4 Å². The number of unbranched alkanes of at least 4 members (excludes halogenated alkanes) is 1. The number of nitrogens with zero attached hydrogens (tertiary/aromatic N) is 1. The molecule has 0 aliphatic heterocycles. The summed E-state index contributed by atoms with van der Waals surface area (Å²) < 4.78 is 5.39. The number of hydrogen-bond donors (Lipinski definition) is 1. The lowest BCUT2D eigenvalue weighted by Gasteiger charge is -2.19. The molecule has 0 aromatic carbocycles. The summed E-state index contributed by atoms with van der Waals surface area (Å²) in [5.41, 5.74) is -1.35. The Morgan fingerprint density at radius 2 is 2.17 bits per heavy atom. The van der Waals surface area contributed by atoms with Gasteiger partial charge in [0.1, 0.15) is 0 Å². The SMILES string of the molecule is CCCCOC[C@@H]1C[C@@]1(C(=O)O)C(=O)N(C)OC. The third kappa shape index (κ3) is 2.81. The molecule has 0 aromatic rings. The lowest BCUT2D eigenvalue weighted by atomic mass is 10.0. The number of carboxylic acid groups (broad SMARTS) is 1. The van der Waals surface area contributed by atoms with Crippen molar-refractivity contribution in [2.45, 2.75) is 26.2 Å². The van der Waals surface area contributed by atoms with Crippen LogP contribution in [0.4, 0.5) is 0 Å². The highest BCUT2D eigenvalue weighted by molar-refractivity contribution is 6.05. The number of carbonyl (C=O) groups excluding carboxylic acids is 1. The molecule has 18 heavy (non-hydrogen) atoms. The number of hydrogen-bond acceptors (Lipinski definition) is 4. The van der Waals surface area contributed by atoms with Gasteiger partial charge in [0, 0.05) is 19.6 Å². The van der Waals surface area contributed by atoms with Crippen LogP contribution < -0.4 is 0 Å². The number of amides is 1. The van der Waals surface area contributed by atoms with Gasteiger partial charge in [-0.25, -0.2) is 5.06 Å². The molecule has 1 aliphatic carbocycles. The summed E-state index contributed by atoms with van der Waals surface area (Å²) in [5.74, 6) is -1.86. The van der Waals surface area contributed by atoms with Crippen molar-refractivity contribution < 1.29 is 24.3 Å². The number of rotatable bonds is 8. The molecule has 0 spiro atoms. The standard InChI is InChI=1S/C12H21NO5/c1-4-5-6-18-8-9-7-12(9,11(15)16)10(14)13(2)17-3/h9H,4-8H2,1-3H3,(H,15,16)/t9-,12-/m0/s1. The summed E-state index contributed by atoms with van der Waals surface area (Å²) in [4.78, 5) is 28.0. The van der Waals surface area contributed by atoms with Gasteiger partial charge in [0.2, 0.25) is 0 Å². The first-order valence-corrected chi connectivity index (χ1v) is 6.14. The van der Waals surface area contributed by atoms with E-state index in [1.807, 2.05) is 0 Å². The highest BCUT2D eigenvalue weighted by atomic mass is 16.7. The van der Waals surface area contributed by atoms with E-state index in [-0.39, 0.29) is 5.92 Å². The van der Waals surface area contributed by atoms with E-state index in [9.17, 15) is 14.7 Å². The maximum absolute atomic E-state index is 12.0. The molecular formula is C12H21NO5. The molecule has 0 bridgehead atoms. The van der Waals surface area contributed by atoms with Gasteiger partial charge in [0.25, 0.3) is 5.91 Å². The molecule has 1 rings (SSSR count). The van der Waals surface area contributed by atoms with Crippen LogP contribution in [0.25, 0.3) is 0 Å². The minimum absolute atomic E-state index is 0.253. The fourth-order valence-electron chi connectivity index (χ4n) is 1.98. The van der Waals surface area contributed by atoms with E-state index in [0.717, 1.165) is 17.9 Å². The van der Waals surface area contributed by atoms with Crippen LogP contribution in [0.15, 0.2) is 0 Å². The third-order valence-electron chi connectivity index (χ3n) is 3.39. The fourth-order valence-corrected chi connectivity index (χ4v) is 1.98. The fraction of sp³-hybridized carbons (Fsp3) is 0.833. The summed E-state index contributed by atoms with van der Waals surface area (Å²) in [6.45, 7) is 2.98. The number of ether oxygens (including phenoxy) is 1. The van der Waals surface area contributed by atoms with Crippen molar-refractivity contribution in [3.63, 3.8) is 0 Å².